The lowest BCUT2D eigenvalue weighted by Crippen LogP contribution is -2.31. The Bertz CT molecular complexity index is 1140. The Morgan fingerprint density at radius 2 is 1.89 bits per heavy atom. The molecule has 28 heavy (non-hydrogen) atoms. The first-order valence-electron chi connectivity index (χ1n) is 8.84. The molecule has 0 spiro atoms. The predicted octanol–water partition coefficient (Wildman–Crippen LogP) is 4.30. The van der Waals surface area contributed by atoms with Crippen LogP contribution in [0.3, 0.4) is 0 Å². The minimum Gasteiger partial charge on any atom is -0.483 e. The molecule has 0 atom stereocenters. The number of aldehydes is 1. The first-order chi connectivity index (χ1) is 13.7. The molecular formula is C22H18N2O3S. The van der Waals surface area contributed by atoms with Crippen molar-refractivity contribution < 1.29 is 14.3 Å². The van der Waals surface area contributed by atoms with Crippen molar-refractivity contribution in [3.8, 4) is 5.75 Å². The van der Waals surface area contributed by atoms with Gasteiger partial charge in [0.2, 0.25) is 0 Å². The van der Waals surface area contributed by atoms with Crippen LogP contribution in [0.15, 0.2) is 60.7 Å². The van der Waals surface area contributed by atoms with E-state index in [-0.39, 0.29) is 12.5 Å². The molecule has 0 aliphatic carbocycles. The number of thiazole rings is 1. The number of carbonyl (C=O) groups excluding carboxylic acids is 2. The lowest BCUT2D eigenvalue weighted by molar-refractivity contribution is -0.132. The van der Waals surface area contributed by atoms with E-state index in [9.17, 15) is 9.59 Å². The van der Waals surface area contributed by atoms with Crippen molar-refractivity contribution in [1.82, 2.24) is 9.88 Å². The zero-order valence-corrected chi connectivity index (χ0v) is 16.1. The minimum atomic E-state index is -0.177. The molecular weight excluding hydrogens is 372 g/mol. The summed E-state index contributed by atoms with van der Waals surface area (Å²) in [6.45, 7) is 0.278. The molecule has 0 unspecified atom stereocenters. The molecule has 4 aromatic rings. The number of aromatic nitrogens is 1. The molecule has 140 valence electrons. The van der Waals surface area contributed by atoms with Gasteiger partial charge in [-0.15, -0.1) is 11.3 Å². The number of amides is 1. The normalized spacial score (nSPS) is 10.9. The van der Waals surface area contributed by atoms with Crippen LogP contribution in [-0.2, 0) is 11.3 Å². The zero-order chi connectivity index (χ0) is 19.5. The highest BCUT2D eigenvalue weighted by molar-refractivity contribution is 7.18. The molecule has 0 aliphatic rings. The highest BCUT2D eigenvalue weighted by Gasteiger charge is 2.15. The predicted molar refractivity (Wildman–Crippen MR) is 111 cm³/mol. The minimum absolute atomic E-state index is 0.138. The highest BCUT2D eigenvalue weighted by atomic mass is 32.1. The van der Waals surface area contributed by atoms with Crippen molar-refractivity contribution in [2.45, 2.75) is 6.54 Å². The fourth-order valence-electron chi connectivity index (χ4n) is 3.05. The Morgan fingerprint density at radius 1 is 1.11 bits per heavy atom. The fraction of sp³-hybridized carbons (Fsp3) is 0.136. The van der Waals surface area contributed by atoms with E-state index in [2.05, 4.69) is 4.98 Å². The molecule has 3 aromatic carbocycles. The topological polar surface area (TPSA) is 59.5 Å². The summed E-state index contributed by atoms with van der Waals surface area (Å²) in [4.78, 5) is 30.2. The average molecular weight is 390 g/mol. The van der Waals surface area contributed by atoms with Crippen LogP contribution >= 0.6 is 11.3 Å². The summed E-state index contributed by atoms with van der Waals surface area (Å²) in [6.07, 6.45) is 0.771. The molecule has 0 bridgehead atoms. The molecule has 4 rings (SSSR count). The van der Waals surface area contributed by atoms with Crippen molar-refractivity contribution in [2.75, 3.05) is 13.7 Å². The van der Waals surface area contributed by atoms with Gasteiger partial charge in [0, 0.05) is 7.05 Å². The first kappa shape index (κ1) is 18.1. The van der Waals surface area contributed by atoms with Gasteiger partial charge in [-0.2, -0.15) is 0 Å². The van der Waals surface area contributed by atoms with Gasteiger partial charge in [0.1, 0.15) is 10.8 Å². The van der Waals surface area contributed by atoms with Crippen LogP contribution in [0.4, 0.5) is 0 Å². The van der Waals surface area contributed by atoms with E-state index < -0.39 is 0 Å². The van der Waals surface area contributed by atoms with Crippen molar-refractivity contribution in [1.29, 1.82) is 0 Å². The van der Waals surface area contributed by atoms with Crippen molar-refractivity contribution >= 4 is 44.5 Å². The number of benzene rings is 3. The van der Waals surface area contributed by atoms with Gasteiger partial charge in [0.05, 0.1) is 22.3 Å². The number of para-hydroxylation sites is 1. The second kappa shape index (κ2) is 7.78. The molecule has 0 fully saturated rings. The molecule has 6 heteroatoms. The van der Waals surface area contributed by atoms with E-state index in [1.807, 2.05) is 54.6 Å². The van der Waals surface area contributed by atoms with Gasteiger partial charge in [0.15, 0.2) is 12.9 Å². The van der Waals surface area contributed by atoms with Crippen LogP contribution in [0.1, 0.15) is 15.4 Å². The Kier molecular flexibility index (Phi) is 5.04. The number of ether oxygens (including phenoxy) is 1. The summed E-state index contributed by atoms with van der Waals surface area (Å²) in [5.41, 5.74) is 1.39. The van der Waals surface area contributed by atoms with E-state index >= 15 is 0 Å². The third-order valence-electron chi connectivity index (χ3n) is 4.54. The highest BCUT2D eigenvalue weighted by Crippen LogP contribution is 2.27. The first-order valence-corrected chi connectivity index (χ1v) is 9.65. The second-order valence-corrected chi connectivity index (χ2v) is 7.55. The van der Waals surface area contributed by atoms with Gasteiger partial charge in [-0.3, -0.25) is 9.59 Å². The zero-order valence-electron chi connectivity index (χ0n) is 15.3. The summed E-state index contributed by atoms with van der Waals surface area (Å²) < 4.78 is 6.77. The molecule has 0 N–H and O–H groups in total. The Labute approximate surface area is 166 Å². The summed E-state index contributed by atoms with van der Waals surface area (Å²) in [5, 5.41) is 2.64. The van der Waals surface area contributed by atoms with E-state index in [0.717, 1.165) is 32.3 Å². The van der Waals surface area contributed by atoms with Crippen LogP contribution in [0.5, 0.6) is 5.75 Å². The molecule has 1 aromatic heterocycles. The number of hydrogen-bond donors (Lipinski definition) is 0. The number of carbonyl (C=O) groups is 2. The number of fused-ring (bicyclic) bond motifs is 2. The van der Waals surface area contributed by atoms with Crippen LogP contribution in [0.25, 0.3) is 21.0 Å². The van der Waals surface area contributed by atoms with Crippen molar-refractivity contribution in [3.05, 3.63) is 71.2 Å². The smallest absolute Gasteiger partial charge is 0.260 e. The SMILES string of the molecule is CN(Cc1nc2ccccc2s1)C(=O)COc1ccc2ccccc2c1C=O. The molecule has 1 heterocycles. The number of likely N-dealkylation sites (N-methyl/N-ethyl adjacent to an activating group) is 1. The van der Waals surface area contributed by atoms with Gasteiger partial charge in [-0.1, -0.05) is 42.5 Å². The maximum absolute atomic E-state index is 12.5. The largest absolute Gasteiger partial charge is 0.483 e. The monoisotopic (exact) mass is 390 g/mol. The molecule has 0 aliphatic heterocycles. The molecule has 1 amide bonds. The number of hydrogen-bond acceptors (Lipinski definition) is 5. The number of nitrogens with zero attached hydrogens (tertiary/aromatic N) is 2. The maximum atomic E-state index is 12.5. The van der Waals surface area contributed by atoms with Crippen molar-refractivity contribution in [2.24, 2.45) is 0 Å². The Balaban J connectivity index is 1.45. The van der Waals surface area contributed by atoms with E-state index in [1.165, 1.54) is 0 Å². The van der Waals surface area contributed by atoms with Gasteiger partial charge in [-0.05, 0) is 29.0 Å². The lowest BCUT2D eigenvalue weighted by Gasteiger charge is -2.17. The third-order valence-corrected chi connectivity index (χ3v) is 5.56. The maximum Gasteiger partial charge on any atom is 0.260 e. The molecule has 5 nitrogen and oxygen atoms in total. The van der Waals surface area contributed by atoms with Crippen LogP contribution in [-0.4, -0.2) is 35.7 Å². The number of rotatable bonds is 6. The molecule has 0 saturated heterocycles. The van der Waals surface area contributed by atoms with Gasteiger partial charge in [-0.25, -0.2) is 4.98 Å². The summed E-state index contributed by atoms with van der Waals surface area (Å²) >= 11 is 1.57. The molecule has 0 radical (unpaired) electrons. The van der Waals surface area contributed by atoms with E-state index in [0.29, 0.717) is 17.9 Å². The van der Waals surface area contributed by atoms with E-state index in [4.69, 9.17) is 4.74 Å². The van der Waals surface area contributed by atoms with Gasteiger partial charge < -0.3 is 9.64 Å². The quantitative estimate of drug-likeness (QED) is 0.461. The van der Waals surface area contributed by atoms with Crippen LogP contribution in [0.2, 0.25) is 0 Å². The van der Waals surface area contributed by atoms with Crippen LogP contribution in [0, 0.1) is 0 Å². The fourth-order valence-corrected chi connectivity index (χ4v) is 4.07. The van der Waals surface area contributed by atoms with E-state index in [1.54, 1.807) is 29.4 Å². The lowest BCUT2D eigenvalue weighted by atomic mass is 10.0. The standard InChI is InChI=1S/C22H18N2O3S/c1-24(12-21-23-18-8-4-5-9-20(18)28-21)22(26)14-27-19-11-10-15-6-2-3-7-16(15)17(19)13-25/h2-11,13H,12,14H2,1H3. The van der Waals surface area contributed by atoms with Gasteiger partial charge in [0.25, 0.3) is 5.91 Å². The van der Waals surface area contributed by atoms with Crippen LogP contribution < -0.4 is 4.74 Å². The third kappa shape index (κ3) is 3.59. The second-order valence-electron chi connectivity index (χ2n) is 6.43. The molecule has 0 saturated carbocycles. The summed E-state index contributed by atoms with van der Waals surface area (Å²) in [7, 11) is 1.72. The van der Waals surface area contributed by atoms with Crippen molar-refractivity contribution in [3.63, 3.8) is 0 Å². The Hall–Kier alpha value is -3.25. The summed E-state index contributed by atoms with van der Waals surface area (Å²) in [5.74, 6) is 0.236. The summed E-state index contributed by atoms with van der Waals surface area (Å²) in [6, 6.07) is 19.1. The van der Waals surface area contributed by atoms with Gasteiger partial charge >= 0.3 is 0 Å². The Morgan fingerprint density at radius 3 is 2.71 bits per heavy atom. The average Bonchev–Trinajstić information content (AvgIpc) is 3.13.